The number of likely N-dealkylation sites (tertiary alicyclic amines) is 1. The summed E-state index contributed by atoms with van der Waals surface area (Å²) in [6.45, 7) is 2.92. The molecule has 5 nitrogen and oxygen atoms in total. The van der Waals surface area contributed by atoms with Crippen molar-refractivity contribution < 1.29 is 4.79 Å². The van der Waals surface area contributed by atoms with Gasteiger partial charge in [-0.05, 0) is 19.4 Å². The second kappa shape index (κ2) is 4.14. The average Bonchev–Trinajstić information content (AvgIpc) is 3.01. The number of nitrogens with zero attached hydrogens (tertiary/aromatic N) is 3. The van der Waals surface area contributed by atoms with Gasteiger partial charge in [-0.2, -0.15) is 0 Å². The first-order valence-electron chi connectivity index (χ1n) is 6.25. The topological polar surface area (TPSA) is 50.2 Å². The second-order valence-electron chi connectivity index (χ2n) is 4.98. The normalized spacial score (nSPS) is 29.2. The third-order valence-corrected chi connectivity index (χ3v) is 3.91. The highest BCUT2D eigenvalue weighted by molar-refractivity contribution is 5.82. The Morgan fingerprint density at radius 2 is 2.35 bits per heavy atom. The molecule has 1 aromatic heterocycles. The molecule has 3 rings (SSSR count). The van der Waals surface area contributed by atoms with Crippen LogP contribution in [0.2, 0.25) is 0 Å². The predicted octanol–water partition coefficient (Wildman–Crippen LogP) is 0.363. The quantitative estimate of drug-likeness (QED) is 0.804. The van der Waals surface area contributed by atoms with Gasteiger partial charge in [-0.15, -0.1) is 0 Å². The number of aromatic nitrogens is 2. The molecule has 0 saturated carbocycles. The summed E-state index contributed by atoms with van der Waals surface area (Å²) in [7, 11) is 1.87. The molecule has 2 atom stereocenters. The summed E-state index contributed by atoms with van der Waals surface area (Å²) < 4.78 is 2.09. The van der Waals surface area contributed by atoms with Gasteiger partial charge in [0.15, 0.2) is 0 Å². The molecule has 2 fully saturated rings. The molecule has 1 amide bonds. The van der Waals surface area contributed by atoms with E-state index in [9.17, 15) is 4.79 Å². The van der Waals surface area contributed by atoms with Crippen molar-refractivity contribution in [3.8, 4) is 0 Å². The SMILES string of the molecule is CN1CCC(n2cncc2C2CCNC2)C1=O. The van der Waals surface area contributed by atoms with E-state index in [4.69, 9.17) is 0 Å². The van der Waals surface area contributed by atoms with Crippen LogP contribution in [0.25, 0.3) is 0 Å². The predicted molar refractivity (Wildman–Crippen MR) is 63.7 cm³/mol. The summed E-state index contributed by atoms with van der Waals surface area (Å²) in [4.78, 5) is 18.1. The maximum Gasteiger partial charge on any atom is 0.245 e. The lowest BCUT2D eigenvalue weighted by atomic mass is 10.0. The Bertz CT molecular complexity index is 422. The number of hydrogen-bond acceptors (Lipinski definition) is 3. The number of rotatable bonds is 2. The van der Waals surface area contributed by atoms with Gasteiger partial charge in [-0.25, -0.2) is 4.98 Å². The van der Waals surface area contributed by atoms with Crippen molar-refractivity contribution in [2.24, 2.45) is 0 Å². The number of amides is 1. The molecule has 92 valence electrons. The van der Waals surface area contributed by atoms with Crippen molar-refractivity contribution in [1.82, 2.24) is 19.8 Å². The third kappa shape index (κ3) is 1.74. The number of nitrogens with one attached hydrogen (secondary N) is 1. The van der Waals surface area contributed by atoms with Gasteiger partial charge >= 0.3 is 0 Å². The van der Waals surface area contributed by atoms with Crippen LogP contribution in [-0.2, 0) is 4.79 Å². The highest BCUT2D eigenvalue weighted by Gasteiger charge is 2.33. The highest BCUT2D eigenvalue weighted by atomic mass is 16.2. The lowest BCUT2D eigenvalue weighted by molar-refractivity contribution is -0.129. The summed E-state index contributed by atoms with van der Waals surface area (Å²) >= 11 is 0. The Hall–Kier alpha value is -1.36. The van der Waals surface area contributed by atoms with Gasteiger partial charge in [-0.1, -0.05) is 0 Å². The van der Waals surface area contributed by atoms with E-state index in [2.05, 4.69) is 14.9 Å². The summed E-state index contributed by atoms with van der Waals surface area (Å²) in [6.07, 6.45) is 5.78. The fourth-order valence-electron chi connectivity index (χ4n) is 2.86. The molecule has 0 spiro atoms. The molecule has 0 aliphatic carbocycles. The lowest BCUT2D eigenvalue weighted by Gasteiger charge is -2.17. The van der Waals surface area contributed by atoms with E-state index < -0.39 is 0 Å². The summed E-state index contributed by atoms with van der Waals surface area (Å²) in [5.41, 5.74) is 1.21. The van der Waals surface area contributed by atoms with Crippen molar-refractivity contribution in [1.29, 1.82) is 0 Å². The monoisotopic (exact) mass is 234 g/mol. The molecule has 3 heterocycles. The van der Waals surface area contributed by atoms with Crippen LogP contribution in [0.1, 0.15) is 30.5 Å². The number of hydrogen-bond donors (Lipinski definition) is 1. The Labute approximate surface area is 101 Å². The van der Waals surface area contributed by atoms with E-state index in [1.165, 1.54) is 5.69 Å². The van der Waals surface area contributed by atoms with Crippen molar-refractivity contribution in [2.75, 3.05) is 26.7 Å². The van der Waals surface area contributed by atoms with Gasteiger partial charge in [0.2, 0.25) is 5.91 Å². The van der Waals surface area contributed by atoms with Gasteiger partial charge in [0.25, 0.3) is 0 Å². The molecule has 0 aromatic carbocycles. The fourth-order valence-corrected chi connectivity index (χ4v) is 2.86. The Balaban J connectivity index is 1.88. The molecular weight excluding hydrogens is 216 g/mol. The number of likely N-dealkylation sites (N-methyl/N-ethyl adjacent to an activating group) is 1. The van der Waals surface area contributed by atoms with E-state index in [1.54, 1.807) is 4.90 Å². The smallest absolute Gasteiger partial charge is 0.245 e. The van der Waals surface area contributed by atoms with Crippen LogP contribution in [-0.4, -0.2) is 47.0 Å². The summed E-state index contributed by atoms with van der Waals surface area (Å²) in [6, 6.07) is -0.0295. The van der Waals surface area contributed by atoms with E-state index in [1.807, 2.05) is 19.6 Å². The zero-order valence-electron chi connectivity index (χ0n) is 10.1. The van der Waals surface area contributed by atoms with Crippen molar-refractivity contribution in [2.45, 2.75) is 24.8 Å². The van der Waals surface area contributed by atoms with Crippen LogP contribution in [0.5, 0.6) is 0 Å². The van der Waals surface area contributed by atoms with E-state index in [0.717, 1.165) is 32.5 Å². The summed E-state index contributed by atoms with van der Waals surface area (Å²) in [5, 5.41) is 3.36. The van der Waals surface area contributed by atoms with E-state index in [0.29, 0.717) is 5.92 Å². The van der Waals surface area contributed by atoms with Gasteiger partial charge in [0.05, 0.1) is 6.33 Å². The Morgan fingerprint density at radius 3 is 3.00 bits per heavy atom. The molecule has 1 aromatic rings. The molecule has 1 N–H and O–H groups in total. The number of imidazole rings is 1. The molecule has 17 heavy (non-hydrogen) atoms. The largest absolute Gasteiger partial charge is 0.344 e. The Kier molecular flexibility index (Phi) is 2.63. The first-order chi connectivity index (χ1) is 8.27. The van der Waals surface area contributed by atoms with E-state index in [-0.39, 0.29) is 11.9 Å². The number of carbonyl (C=O) groups is 1. The van der Waals surface area contributed by atoms with Crippen LogP contribution in [0.4, 0.5) is 0 Å². The van der Waals surface area contributed by atoms with Gasteiger partial charge < -0.3 is 14.8 Å². The standard InChI is InChI=1S/C12H18N4O/c1-15-5-3-10(12(15)17)16-8-14-7-11(16)9-2-4-13-6-9/h7-10,13H,2-6H2,1H3. The van der Waals surface area contributed by atoms with Gasteiger partial charge in [-0.3, -0.25) is 4.79 Å². The Morgan fingerprint density at radius 1 is 1.47 bits per heavy atom. The molecule has 2 saturated heterocycles. The maximum atomic E-state index is 12.0. The van der Waals surface area contributed by atoms with Crippen LogP contribution in [0, 0.1) is 0 Å². The minimum Gasteiger partial charge on any atom is -0.344 e. The molecule has 0 radical (unpaired) electrons. The lowest BCUT2D eigenvalue weighted by Crippen LogP contribution is -2.25. The van der Waals surface area contributed by atoms with Crippen LogP contribution >= 0.6 is 0 Å². The van der Waals surface area contributed by atoms with Gasteiger partial charge in [0.1, 0.15) is 6.04 Å². The van der Waals surface area contributed by atoms with Gasteiger partial charge in [0, 0.05) is 37.9 Å². The van der Waals surface area contributed by atoms with Crippen molar-refractivity contribution in [3.05, 3.63) is 18.2 Å². The second-order valence-corrected chi connectivity index (χ2v) is 4.98. The number of carbonyl (C=O) groups excluding carboxylic acids is 1. The molecule has 2 unspecified atom stereocenters. The third-order valence-electron chi connectivity index (χ3n) is 3.91. The van der Waals surface area contributed by atoms with Crippen molar-refractivity contribution >= 4 is 5.91 Å². The first-order valence-corrected chi connectivity index (χ1v) is 6.25. The van der Waals surface area contributed by atoms with Crippen molar-refractivity contribution in [3.63, 3.8) is 0 Å². The molecule has 0 bridgehead atoms. The first kappa shape index (κ1) is 10.8. The van der Waals surface area contributed by atoms with Crippen LogP contribution in [0.15, 0.2) is 12.5 Å². The molecular formula is C12H18N4O. The van der Waals surface area contributed by atoms with Crippen LogP contribution in [0.3, 0.4) is 0 Å². The molecule has 2 aliphatic heterocycles. The van der Waals surface area contributed by atoms with E-state index >= 15 is 0 Å². The van der Waals surface area contributed by atoms with Crippen LogP contribution < -0.4 is 5.32 Å². The minimum atomic E-state index is -0.0295. The zero-order valence-corrected chi connectivity index (χ0v) is 10.1. The fraction of sp³-hybridized carbons (Fsp3) is 0.667. The molecule has 2 aliphatic rings. The minimum absolute atomic E-state index is 0.0295. The maximum absolute atomic E-state index is 12.0. The average molecular weight is 234 g/mol. The molecule has 5 heteroatoms. The highest BCUT2D eigenvalue weighted by Crippen LogP contribution is 2.29. The summed E-state index contributed by atoms with van der Waals surface area (Å²) in [5.74, 6) is 0.728. The zero-order chi connectivity index (χ0) is 11.8.